The van der Waals surface area contributed by atoms with Crippen molar-refractivity contribution in [3.63, 3.8) is 0 Å². The Bertz CT molecular complexity index is 982. The van der Waals surface area contributed by atoms with Crippen molar-refractivity contribution in [3.8, 4) is 0 Å². The van der Waals surface area contributed by atoms with Gasteiger partial charge in [0.2, 0.25) is 0 Å². The van der Waals surface area contributed by atoms with Crippen LogP contribution in [0.15, 0.2) is 48.7 Å². The van der Waals surface area contributed by atoms with Crippen LogP contribution in [0.5, 0.6) is 0 Å². The Balaban J connectivity index is 1.92. The van der Waals surface area contributed by atoms with Gasteiger partial charge in [-0.05, 0) is 50.9 Å². The van der Waals surface area contributed by atoms with Crippen molar-refractivity contribution in [1.82, 2.24) is 15.4 Å². The van der Waals surface area contributed by atoms with Crippen LogP contribution in [0.3, 0.4) is 0 Å². The van der Waals surface area contributed by atoms with Crippen molar-refractivity contribution in [2.24, 2.45) is 0 Å². The lowest BCUT2D eigenvalue weighted by Gasteiger charge is -2.28. The molecule has 1 unspecified atom stereocenters. The first-order chi connectivity index (χ1) is 13.3. The Morgan fingerprint density at radius 3 is 2.61 bits per heavy atom. The second-order valence-electron chi connectivity index (χ2n) is 7.69. The van der Waals surface area contributed by atoms with Gasteiger partial charge in [0.1, 0.15) is 5.60 Å². The molecule has 1 amide bonds. The molecule has 0 aliphatic rings. The van der Waals surface area contributed by atoms with Gasteiger partial charge in [0.25, 0.3) is 0 Å². The highest BCUT2D eigenvalue weighted by Gasteiger charge is 2.25. The standard InChI is InChI=1S/C22H27N3O3/c1-22(2,3)28-21(26)25(27-5)14-20(23-4)15-10-11-19-18(12-15)17-9-7-6-8-16(17)13-24-19/h6-13,20,23H,14H2,1-5H3. The number of nitrogens with zero attached hydrogens (tertiary/aromatic N) is 2. The number of hydrogen-bond donors (Lipinski definition) is 1. The number of aromatic nitrogens is 1. The molecule has 0 radical (unpaired) electrons. The van der Waals surface area contributed by atoms with Crippen LogP contribution in [0.25, 0.3) is 21.7 Å². The van der Waals surface area contributed by atoms with E-state index in [1.54, 1.807) is 0 Å². The summed E-state index contributed by atoms with van der Waals surface area (Å²) in [6, 6.07) is 14.2. The molecular weight excluding hydrogens is 354 g/mol. The van der Waals surface area contributed by atoms with Crippen molar-refractivity contribution in [2.75, 3.05) is 20.7 Å². The maximum atomic E-state index is 12.4. The molecule has 0 aliphatic carbocycles. The van der Waals surface area contributed by atoms with Crippen LogP contribution in [0.2, 0.25) is 0 Å². The Morgan fingerprint density at radius 1 is 1.18 bits per heavy atom. The summed E-state index contributed by atoms with van der Waals surface area (Å²) in [6.45, 7) is 5.80. The summed E-state index contributed by atoms with van der Waals surface area (Å²) in [6.07, 6.45) is 1.38. The summed E-state index contributed by atoms with van der Waals surface area (Å²) < 4.78 is 5.42. The summed E-state index contributed by atoms with van der Waals surface area (Å²) >= 11 is 0. The smallest absolute Gasteiger partial charge is 0.434 e. The van der Waals surface area contributed by atoms with E-state index in [0.29, 0.717) is 6.54 Å². The Kier molecular flexibility index (Phi) is 5.82. The molecular formula is C22H27N3O3. The van der Waals surface area contributed by atoms with Crippen LogP contribution in [0.1, 0.15) is 32.4 Å². The number of ether oxygens (including phenoxy) is 1. The van der Waals surface area contributed by atoms with E-state index >= 15 is 0 Å². The number of nitrogens with one attached hydrogen (secondary N) is 1. The third-order valence-electron chi connectivity index (χ3n) is 4.53. The molecule has 0 saturated carbocycles. The molecule has 148 valence electrons. The minimum Gasteiger partial charge on any atom is -0.442 e. The number of likely N-dealkylation sites (N-methyl/N-ethyl adjacent to an activating group) is 1. The van der Waals surface area contributed by atoms with E-state index < -0.39 is 11.7 Å². The average Bonchev–Trinajstić information content (AvgIpc) is 2.67. The molecule has 1 heterocycles. The fourth-order valence-electron chi connectivity index (χ4n) is 3.16. The molecule has 0 saturated heterocycles. The number of carbonyl (C=O) groups excluding carboxylic acids is 1. The van der Waals surface area contributed by atoms with Gasteiger partial charge in [0.05, 0.1) is 25.2 Å². The molecule has 1 atom stereocenters. The molecule has 2 aromatic carbocycles. The molecule has 3 aromatic rings. The minimum absolute atomic E-state index is 0.129. The van der Waals surface area contributed by atoms with Crippen molar-refractivity contribution in [3.05, 3.63) is 54.2 Å². The van der Waals surface area contributed by atoms with E-state index in [1.165, 1.54) is 12.2 Å². The predicted octanol–water partition coefficient (Wildman–Crippen LogP) is 4.45. The van der Waals surface area contributed by atoms with Crippen LogP contribution < -0.4 is 5.32 Å². The molecule has 3 rings (SSSR count). The maximum Gasteiger partial charge on any atom is 0.434 e. The largest absolute Gasteiger partial charge is 0.442 e. The SMILES string of the molecule is CNC(CN(OC)C(=O)OC(C)(C)C)c1ccc2ncc3ccccc3c2c1. The molecule has 0 fully saturated rings. The first-order valence-corrected chi connectivity index (χ1v) is 9.31. The molecule has 6 heteroatoms. The van der Waals surface area contributed by atoms with Gasteiger partial charge in [-0.15, -0.1) is 0 Å². The average molecular weight is 381 g/mol. The zero-order chi connectivity index (χ0) is 20.3. The van der Waals surface area contributed by atoms with Gasteiger partial charge >= 0.3 is 6.09 Å². The van der Waals surface area contributed by atoms with Gasteiger partial charge in [0, 0.05) is 17.0 Å². The third-order valence-corrected chi connectivity index (χ3v) is 4.53. The fraction of sp³-hybridized carbons (Fsp3) is 0.364. The van der Waals surface area contributed by atoms with Gasteiger partial charge in [0.15, 0.2) is 0 Å². The van der Waals surface area contributed by atoms with Crippen LogP contribution in [0.4, 0.5) is 4.79 Å². The molecule has 1 N–H and O–H groups in total. The lowest BCUT2D eigenvalue weighted by Crippen LogP contribution is -2.40. The number of benzene rings is 2. The summed E-state index contributed by atoms with van der Waals surface area (Å²) in [4.78, 5) is 22.2. The quantitative estimate of drug-likeness (QED) is 0.523. The maximum absolute atomic E-state index is 12.4. The van der Waals surface area contributed by atoms with Crippen molar-refractivity contribution < 1.29 is 14.4 Å². The van der Waals surface area contributed by atoms with Gasteiger partial charge in [-0.2, -0.15) is 5.06 Å². The molecule has 28 heavy (non-hydrogen) atoms. The monoisotopic (exact) mass is 381 g/mol. The van der Waals surface area contributed by atoms with Gasteiger partial charge in [-0.1, -0.05) is 30.3 Å². The number of rotatable bonds is 5. The van der Waals surface area contributed by atoms with Crippen molar-refractivity contribution in [1.29, 1.82) is 0 Å². The number of fused-ring (bicyclic) bond motifs is 3. The van der Waals surface area contributed by atoms with Crippen molar-refractivity contribution >= 4 is 27.8 Å². The third kappa shape index (κ3) is 4.40. The van der Waals surface area contributed by atoms with Crippen molar-refractivity contribution in [2.45, 2.75) is 32.4 Å². The summed E-state index contributed by atoms with van der Waals surface area (Å²) in [7, 11) is 3.33. The summed E-state index contributed by atoms with van der Waals surface area (Å²) in [5, 5.41) is 7.83. The first-order valence-electron chi connectivity index (χ1n) is 9.31. The Labute approximate surface area is 165 Å². The number of carbonyl (C=O) groups is 1. The van der Waals surface area contributed by atoms with Crippen LogP contribution in [-0.2, 0) is 9.57 Å². The fourth-order valence-corrected chi connectivity index (χ4v) is 3.16. The lowest BCUT2D eigenvalue weighted by molar-refractivity contribution is -0.127. The van der Waals surface area contributed by atoms with Crippen LogP contribution in [-0.4, -0.2) is 42.4 Å². The summed E-state index contributed by atoms with van der Waals surface area (Å²) in [5.74, 6) is 0. The van der Waals surface area contributed by atoms with Crippen LogP contribution >= 0.6 is 0 Å². The van der Waals surface area contributed by atoms with E-state index in [0.717, 1.165) is 27.2 Å². The topological polar surface area (TPSA) is 63.7 Å². The highest BCUT2D eigenvalue weighted by molar-refractivity contribution is 6.05. The second kappa shape index (κ2) is 8.12. The summed E-state index contributed by atoms with van der Waals surface area (Å²) in [5.41, 5.74) is 1.39. The molecule has 0 aliphatic heterocycles. The second-order valence-corrected chi connectivity index (χ2v) is 7.69. The zero-order valence-corrected chi connectivity index (χ0v) is 17.0. The number of amides is 1. The van der Waals surface area contributed by atoms with E-state index in [9.17, 15) is 4.79 Å². The molecule has 6 nitrogen and oxygen atoms in total. The van der Waals surface area contributed by atoms with E-state index in [2.05, 4.69) is 28.5 Å². The molecule has 0 spiro atoms. The predicted molar refractivity (Wildman–Crippen MR) is 111 cm³/mol. The van der Waals surface area contributed by atoms with Gasteiger partial charge < -0.3 is 10.1 Å². The van der Waals surface area contributed by atoms with Gasteiger partial charge in [-0.3, -0.25) is 9.82 Å². The molecule has 0 bridgehead atoms. The van der Waals surface area contributed by atoms with E-state index in [1.807, 2.05) is 58.3 Å². The van der Waals surface area contributed by atoms with E-state index in [4.69, 9.17) is 9.57 Å². The number of pyridine rings is 1. The Hall–Kier alpha value is -2.70. The number of hydrogen-bond acceptors (Lipinski definition) is 5. The normalized spacial score (nSPS) is 12.9. The minimum atomic E-state index is -0.587. The van der Waals surface area contributed by atoms with Gasteiger partial charge in [-0.25, -0.2) is 4.79 Å². The first kappa shape index (κ1) is 20.0. The number of hydroxylamine groups is 2. The zero-order valence-electron chi connectivity index (χ0n) is 17.0. The van der Waals surface area contributed by atoms with E-state index in [-0.39, 0.29) is 6.04 Å². The highest BCUT2D eigenvalue weighted by atomic mass is 16.7. The van der Waals surface area contributed by atoms with Crippen LogP contribution in [0, 0.1) is 0 Å². The highest BCUT2D eigenvalue weighted by Crippen LogP contribution is 2.27. The Morgan fingerprint density at radius 2 is 1.93 bits per heavy atom. The molecule has 1 aromatic heterocycles. The lowest BCUT2D eigenvalue weighted by atomic mass is 10.0.